The number of ether oxygens (including phenoxy) is 2. The minimum atomic E-state index is 0.202. The Hall–Kier alpha value is -2.56. The third-order valence-corrected chi connectivity index (χ3v) is 6.62. The molecule has 5 rings (SSSR count). The molecule has 0 saturated heterocycles. The fraction of sp³-hybridized carbons (Fsp3) is 0.455. The van der Waals surface area contributed by atoms with E-state index in [2.05, 4.69) is 10.3 Å². The molecule has 140 valence electrons. The van der Waals surface area contributed by atoms with Gasteiger partial charge in [-0.25, -0.2) is 4.98 Å². The van der Waals surface area contributed by atoms with Gasteiger partial charge in [0, 0.05) is 24.2 Å². The second kappa shape index (κ2) is 6.55. The van der Waals surface area contributed by atoms with E-state index in [-0.39, 0.29) is 11.8 Å². The number of nitrogens with zero attached hydrogens (tertiary/aromatic N) is 1. The highest BCUT2D eigenvalue weighted by Crippen LogP contribution is 2.69. The molecule has 3 fully saturated rings. The van der Waals surface area contributed by atoms with Crippen molar-refractivity contribution in [1.29, 1.82) is 0 Å². The minimum absolute atomic E-state index is 0.202. The number of benzene rings is 1. The summed E-state index contributed by atoms with van der Waals surface area (Å²) in [5, 5.41) is 3.12. The lowest BCUT2D eigenvalue weighted by Crippen LogP contribution is -2.27. The standard InChI is InChI=1S/C22H24N2O3/c1-26-16-6-2-3-7-17(16)27-22-15(5-4-10-23-22)12-24-21(25)20-18-13-8-9-14(11-13)19(18)20/h2-7,10,13-14,18-20H,8-9,11-12H2,1H3,(H,24,25)/t13-,14+,18+,19-,20?. The van der Waals surface area contributed by atoms with Crippen molar-refractivity contribution in [2.45, 2.75) is 25.8 Å². The Morgan fingerprint density at radius 3 is 2.59 bits per heavy atom. The van der Waals surface area contributed by atoms with E-state index in [0.29, 0.717) is 35.8 Å². The molecule has 1 unspecified atom stereocenters. The first kappa shape index (κ1) is 16.6. The average Bonchev–Trinajstić information content (AvgIpc) is 3.14. The Morgan fingerprint density at radius 2 is 1.85 bits per heavy atom. The predicted molar refractivity (Wildman–Crippen MR) is 100 cm³/mol. The van der Waals surface area contributed by atoms with E-state index in [9.17, 15) is 4.79 Å². The maximum absolute atomic E-state index is 12.7. The molecule has 5 heteroatoms. The second-order valence-electron chi connectivity index (χ2n) is 7.95. The Balaban J connectivity index is 1.26. The van der Waals surface area contributed by atoms with Crippen molar-refractivity contribution in [1.82, 2.24) is 10.3 Å². The van der Waals surface area contributed by atoms with Crippen LogP contribution in [0.4, 0.5) is 0 Å². The topological polar surface area (TPSA) is 60.5 Å². The summed E-state index contributed by atoms with van der Waals surface area (Å²) in [5.74, 6) is 5.12. The van der Waals surface area contributed by atoms with Crippen LogP contribution in [0.5, 0.6) is 17.4 Å². The second-order valence-corrected chi connectivity index (χ2v) is 7.95. The lowest BCUT2D eigenvalue weighted by atomic mass is 10.0. The van der Waals surface area contributed by atoms with Crippen LogP contribution in [0.25, 0.3) is 0 Å². The first-order chi connectivity index (χ1) is 13.3. The van der Waals surface area contributed by atoms with Crippen molar-refractivity contribution in [2.75, 3.05) is 7.11 Å². The summed E-state index contributed by atoms with van der Waals surface area (Å²) in [7, 11) is 1.61. The summed E-state index contributed by atoms with van der Waals surface area (Å²) in [4.78, 5) is 17.0. The van der Waals surface area contributed by atoms with E-state index in [0.717, 1.165) is 17.4 Å². The van der Waals surface area contributed by atoms with E-state index in [1.54, 1.807) is 13.3 Å². The highest BCUT2D eigenvalue weighted by Gasteiger charge is 2.67. The molecule has 1 amide bonds. The quantitative estimate of drug-likeness (QED) is 0.847. The summed E-state index contributed by atoms with van der Waals surface area (Å²) < 4.78 is 11.3. The molecular weight excluding hydrogens is 340 g/mol. The van der Waals surface area contributed by atoms with Crippen molar-refractivity contribution in [2.24, 2.45) is 29.6 Å². The molecule has 2 bridgehead atoms. The maximum Gasteiger partial charge on any atom is 0.224 e. The van der Waals surface area contributed by atoms with Gasteiger partial charge in [0.05, 0.1) is 7.11 Å². The molecule has 5 atom stereocenters. The van der Waals surface area contributed by atoms with Crippen molar-refractivity contribution >= 4 is 5.91 Å². The highest BCUT2D eigenvalue weighted by atomic mass is 16.5. The maximum atomic E-state index is 12.7. The van der Waals surface area contributed by atoms with Gasteiger partial charge in [-0.15, -0.1) is 0 Å². The van der Waals surface area contributed by atoms with E-state index in [1.807, 2.05) is 36.4 Å². The monoisotopic (exact) mass is 364 g/mol. The van der Waals surface area contributed by atoms with E-state index < -0.39 is 0 Å². The number of hydrogen-bond donors (Lipinski definition) is 1. The fourth-order valence-corrected chi connectivity index (χ4v) is 5.43. The van der Waals surface area contributed by atoms with E-state index >= 15 is 0 Å². The average molecular weight is 364 g/mol. The van der Waals surface area contributed by atoms with E-state index in [4.69, 9.17) is 9.47 Å². The van der Waals surface area contributed by atoms with Crippen LogP contribution in [-0.2, 0) is 11.3 Å². The number of carbonyl (C=O) groups is 1. The molecule has 0 radical (unpaired) electrons. The van der Waals surface area contributed by atoms with Gasteiger partial charge in [0.1, 0.15) is 0 Å². The number of aromatic nitrogens is 1. The summed E-state index contributed by atoms with van der Waals surface area (Å²) in [6.07, 6.45) is 5.71. The SMILES string of the molecule is COc1ccccc1Oc1ncccc1CNC(=O)C1[C@@H]2[C@H]3CC[C@H](C3)[C@H]12. The van der Waals surface area contributed by atoms with Crippen LogP contribution in [0.1, 0.15) is 24.8 Å². The molecule has 0 spiro atoms. The Bertz CT molecular complexity index is 852. The Labute approximate surface area is 159 Å². The number of carbonyl (C=O) groups excluding carboxylic acids is 1. The molecule has 0 aliphatic heterocycles. The van der Waals surface area contributed by atoms with Gasteiger partial charge in [0.15, 0.2) is 11.5 Å². The lowest BCUT2D eigenvalue weighted by molar-refractivity contribution is -0.123. The van der Waals surface area contributed by atoms with Crippen molar-refractivity contribution in [3.05, 3.63) is 48.2 Å². The molecule has 3 aliphatic carbocycles. The van der Waals surface area contributed by atoms with Crippen LogP contribution in [0, 0.1) is 29.6 Å². The normalized spacial score (nSPS) is 29.9. The molecule has 1 heterocycles. The molecular formula is C22H24N2O3. The van der Waals surface area contributed by atoms with Gasteiger partial charge in [-0.3, -0.25) is 4.79 Å². The number of nitrogens with one attached hydrogen (secondary N) is 1. The molecule has 1 aromatic carbocycles. The molecule has 27 heavy (non-hydrogen) atoms. The smallest absolute Gasteiger partial charge is 0.224 e. The summed E-state index contributed by atoms with van der Waals surface area (Å²) in [6, 6.07) is 11.3. The third kappa shape index (κ3) is 2.85. The number of fused-ring (bicyclic) bond motifs is 5. The van der Waals surface area contributed by atoms with Gasteiger partial charge in [0.25, 0.3) is 0 Å². The number of pyridine rings is 1. The Kier molecular flexibility index (Phi) is 4.03. The molecule has 1 N–H and O–H groups in total. The zero-order chi connectivity index (χ0) is 18.4. The summed E-state index contributed by atoms with van der Waals surface area (Å²) >= 11 is 0. The van der Waals surface area contributed by atoms with Gasteiger partial charge in [0.2, 0.25) is 11.8 Å². The summed E-state index contributed by atoms with van der Waals surface area (Å²) in [5.41, 5.74) is 0.866. The molecule has 5 nitrogen and oxygen atoms in total. The molecule has 1 aromatic heterocycles. The van der Waals surface area contributed by atoms with Gasteiger partial charge < -0.3 is 14.8 Å². The van der Waals surface area contributed by atoms with Gasteiger partial charge in [-0.1, -0.05) is 18.2 Å². The molecule has 2 aromatic rings. The van der Waals surface area contributed by atoms with Gasteiger partial charge in [-0.2, -0.15) is 0 Å². The zero-order valence-corrected chi connectivity index (χ0v) is 15.4. The van der Waals surface area contributed by atoms with E-state index in [1.165, 1.54) is 19.3 Å². The van der Waals surface area contributed by atoms with Crippen molar-refractivity contribution in [3.8, 4) is 17.4 Å². The number of amides is 1. The van der Waals surface area contributed by atoms with Crippen LogP contribution < -0.4 is 14.8 Å². The van der Waals surface area contributed by atoms with Crippen molar-refractivity contribution in [3.63, 3.8) is 0 Å². The minimum Gasteiger partial charge on any atom is -0.493 e. The highest BCUT2D eigenvalue weighted by molar-refractivity contribution is 5.82. The first-order valence-electron chi connectivity index (χ1n) is 9.78. The Morgan fingerprint density at radius 1 is 1.11 bits per heavy atom. The first-order valence-corrected chi connectivity index (χ1v) is 9.78. The number of rotatable bonds is 6. The van der Waals surface area contributed by atoms with Crippen molar-refractivity contribution < 1.29 is 14.3 Å². The number of hydrogen-bond acceptors (Lipinski definition) is 4. The molecule has 3 saturated carbocycles. The van der Waals surface area contributed by atoms with Crippen LogP contribution in [0.15, 0.2) is 42.6 Å². The van der Waals surface area contributed by atoms with Gasteiger partial charge >= 0.3 is 0 Å². The van der Waals surface area contributed by atoms with Gasteiger partial charge in [-0.05, 0) is 61.1 Å². The zero-order valence-electron chi connectivity index (χ0n) is 15.4. The predicted octanol–water partition coefficient (Wildman–Crippen LogP) is 3.79. The summed E-state index contributed by atoms with van der Waals surface area (Å²) in [6.45, 7) is 0.433. The number of methoxy groups -OCH3 is 1. The van der Waals surface area contributed by atoms with Crippen LogP contribution in [-0.4, -0.2) is 18.0 Å². The lowest BCUT2D eigenvalue weighted by Gasteiger charge is -2.13. The number of para-hydroxylation sites is 2. The fourth-order valence-electron chi connectivity index (χ4n) is 5.43. The third-order valence-electron chi connectivity index (χ3n) is 6.62. The van der Waals surface area contributed by atoms with Crippen LogP contribution >= 0.6 is 0 Å². The van der Waals surface area contributed by atoms with Crippen LogP contribution in [0.2, 0.25) is 0 Å². The van der Waals surface area contributed by atoms with Crippen LogP contribution in [0.3, 0.4) is 0 Å². The largest absolute Gasteiger partial charge is 0.493 e. The molecule has 3 aliphatic rings.